The fourth-order valence-corrected chi connectivity index (χ4v) is 3.10. The molecule has 0 saturated carbocycles. The zero-order valence-electron chi connectivity index (χ0n) is 12.6. The number of benzene rings is 1. The topological polar surface area (TPSA) is 92.7 Å². The Labute approximate surface area is 151 Å². The minimum absolute atomic E-state index is 0.0508. The smallest absolute Gasteiger partial charge is 0.265 e. The first kappa shape index (κ1) is 16.8. The van der Waals surface area contributed by atoms with Crippen molar-refractivity contribution in [1.29, 1.82) is 5.26 Å². The lowest BCUT2D eigenvalue weighted by atomic mass is 10.1. The highest BCUT2D eigenvalue weighted by Crippen LogP contribution is 2.29. The van der Waals surface area contributed by atoms with Gasteiger partial charge >= 0.3 is 0 Å². The Bertz CT molecular complexity index is 1010. The quantitative estimate of drug-likeness (QED) is 0.373. The van der Waals surface area contributed by atoms with Gasteiger partial charge in [0.25, 0.3) is 5.69 Å². The highest BCUT2D eigenvalue weighted by molar-refractivity contribution is 7.11. The molecular weight excluding hydrogens is 360 g/mol. The van der Waals surface area contributed by atoms with Crippen LogP contribution in [0.15, 0.2) is 48.1 Å². The van der Waals surface area contributed by atoms with E-state index in [4.69, 9.17) is 11.6 Å². The lowest BCUT2D eigenvalue weighted by Gasteiger charge is -1.99. The first-order valence-corrected chi connectivity index (χ1v) is 8.26. The Morgan fingerprint density at radius 3 is 2.76 bits per heavy atom. The summed E-state index contributed by atoms with van der Waals surface area (Å²) < 4.78 is 0. The van der Waals surface area contributed by atoms with Crippen LogP contribution < -0.4 is 0 Å². The van der Waals surface area contributed by atoms with Gasteiger partial charge in [-0.15, -0.1) is 11.3 Å². The number of hydrogen-bond donors (Lipinski definition) is 0. The van der Waals surface area contributed by atoms with E-state index in [2.05, 4.69) is 16.0 Å². The van der Waals surface area contributed by atoms with Gasteiger partial charge in [-0.25, -0.2) is 4.98 Å². The molecule has 0 saturated heterocycles. The fourth-order valence-electron chi connectivity index (χ4n) is 2.12. The molecule has 2 aromatic heterocycles. The molecule has 3 aromatic rings. The van der Waals surface area contributed by atoms with Crippen LogP contribution in [-0.4, -0.2) is 14.9 Å². The molecule has 122 valence electrons. The zero-order valence-corrected chi connectivity index (χ0v) is 14.2. The molecule has 0 unspecified atom stereocenters. The van der Waals surface area contributed by atoms with Crippen LogP contribution in [-0.2, 0) is 0 Å². The number of allylic oxidation sites excluding steroid dienone is 1. The van der Waals surface area contributed by atoms with E-state index in [1.807, 2.05) is 17.5 Å². The van der Waals surface area contributed by atoms with Gasteiger partial charge in [0, 0.05) is 29.4 Å². The Hall–Kier alpha value is -3.08. The van der Waals surface area contributed by atoms with Crippen molar-refractivity contribution in [3.05, 3.63) is 73.8 Å². The largest absolute Gasteiger partial charge is 0.288 e. The molecular formula is C17H9ClN4O2S. The van der Waals surface area contributed by atoms with E-state index in [9.17, 15) is 15.4 Å². The van der Waals surface area contributed by atoms with Crippen molar-refractivity contribution >= 4 is 40.3 Å². The van der Waals surface area contributed by atoms with Gasteiger partial charge in [0.1, 0.15) is 16.1 Å². The number of hydrogen-bond acceptors (Lipinski definition) is 6. The van der Waals surface area contributed by atoms with Gasteiger partial charge in [-0.2, -0.15) is 5.26 Å². The van der Waals surface area contributed by atoms with Gasteiger partial charge in [0.15, 0.2) is 0 Å². The third-order valence-electron chi connectivity index (χ3n) is 3.31. The predicted molar refractivity (Wildman–Crippen MR) is 96.9 cm³/mol. The number of nitriles is 1. The second-order valence-electron chi connectivity index (χ2n) is 4.91. The summed E-state index contributed by atoms with van der Waals surface area (Å²) in [5, 5.41) is 22.8. The maximum atomic E-state index is 11.0. The summed E-state index contributed by atoms with van der Waals surface area (Å²) >= 11 is 7.13. The fraction of sp³-hybridized carbons (Fsp3) is 0. The Morgan fingerprint density at radius 2 is 2.08 bits per heavy atom. The molecule has 0 N–H and O–H groups in total. The standard InChI is InChI=1S/C17H9ClN4O2S/c18-14-2-1-11(8-16(14)22(23)24)7-13(9-19)17-21-15(10-25-17)12-3-5-20-6-4-12/h1-8,10H. The Kier molecular flexibility index (Phi) is 4.84. The van der Waals surface area contributed by atoms with Crippen LogP contribution in [0.25, 0.3) is 22.9 Å². The van der Waals surface area contributed by atoms with Crippen molar-refractivity contribution in [3.63, 3.8) is 0 Å². The highest BCUT2D eigenvalue weighted by Gasteiger charge is 2.14. The maximum Gasteiger partial charge on any atom is 0.288 e. The molecule has 0 aliphatic rings. The average Bonchev–Trinajstić information content (AvgIpc) is 3.11. The Morgan fingerprint density at radius 1 is 1.32 bits per heavy atom. The van der Waals surface area contributed by atoms with Gasteiger partial charge in [0.2, 0.25) is 0 Å². The third-order valence-corrected chi connectivity index (χ3v) is 4.50. The molecule has 6 nitrogen and oxygen atoms in total. The molecule has 0 spiro atoms. The van der Waals surface area contributed by atoms with Crippen molar-refractivity contribution in [3.8, 4) is 17.3 Å². The molecule has 1 aromatic carbocycles. The van der Waals surface area contributed by atoms with Crippen molar-refractivity contribution in [2.75, 3.05) is 0 Å². The number of thiazole rings is 1. The van der Waals surface area contributed by atoms with E-state index in [0.29, 0.717) is 16.1 Å². The number of nitro benzene ring substituents is 1. The summed E-state index contributed by atoms with van der Waals surface area (Å²) in [6.45, 7) is 0. The van der Waals surface area contributed by atoms with Gasteiger partial charge in [-0.1, -0.05) is 17.7 Å². The van der Waals surface area contributed by atoms with Gasteiger partial charge in [-0.3, -0.25) is 15.1 Å². The molecule has 8 heteroatoms. The first-order valence-electron chi connectivity index (χ1n) is 7.00. The van der Waals surface area contributed by atoms with Crippen LogP contribution in [0, 0.1) is 21.4 Å². The number of nitrogens with zero attached hydrogens (tertiary/aromatic N) is 4. The number of nitro groups is 1. The molecule has 25 heavy (non-hydrogen) atoms. The lowest BCUT2D eigenvalue weighted by molar-refractivity contribution is -0.384. The molecule has 0 aliphatic heterocycles. The van der Waals surface area contributed by atoms with E-state index < -0.39 is 4.92 Å². The van der Waals surface area contributed by atoms with Crippen LogP contribution >= 0.6 is 22.9 Å². The van der Waals surface area contributed by atoms with Crippen molar-refractivity contribution < 1.29 is 4.92 Å². The van der Waals surface area contributed by atoms with E-state index in [1.165, 1.54) is 23.5 Å². The molecule has 3 rings (SSSR count). The predicted octanol–water partition coefficient (Wildman–Crippen LogP) is 4.83. The summed E-state index contributed by atoms with van der Waals surface area (Å²) in [6.07, 6.45) is 4.89. The Balaban J connectivity index is 1.97. The number of pyridine rings is 1. The summed E-state index contributed by atoms with van der Waals surface area (Å²) in [5.74, 6) is 0. The van der Waals surface area contributed by atoms with Crippen molar-refractivity contribution in [2.24, 2.45) is 0 Å². The van der Waals surface area contributed by atoms with Crippen LogP contribution in [0.1, 0.15) is 10.6 Å². The number of aromatic nitrogens is 2. The molecule has 0 amide bonds. The van der Waals surface area contributed by atoms with Gasteiger partial charge in [-0.05, 0) is 29.8 Å². The molecule has 2 heterocycles. The van der Waals surface area contributed by atoms with E-state index in [1.54, 1.807) is 24.5 Å². The molecule has 0 bridgehead atoms. The summed E-state index contributed by atoms with van der Waals surface area (Å²) in [6, 6.07) is 10.1. The van der Waals surface area contributed by atoms with E-state index >= 15 is 0 Å². The van der Waals surface area contributed by atoms with E-state index in [0.717, 1.165) is 11.3 Å². The normalized spacial score (nSPS) is 11.1. The van der Waals surface area contributed by atoms with E-state index in [-0.39, 0.29) is 10.7 Å². The van der Waals surface area contributed by atoms with Crippen molar-refractivity contribution in [1.82, 2.24) is 9.97 Å². The lowest BCUT2D eigenvalue weighted by Crippen LogP contribution is -1.90. The van der Waals surface area contributed by atoms with Crippen LogP contribution in [0.3, 0.4) is 0 Å². The SMILES string of the molecule is N#CC(=Cc1ccc(Cl)c([N+](=O)[O-])c1)c1nc(-c2ccncc2)cs1. The third kappa shape index (κ3) is 3.71. The highest BCUT2D eigenvalue weighted by atomic mass is 35.5. The molecule has 0 radical (unpaired) electrons. The van der Waals surface area contributed by atoms with Crippen LogP contribution in [0.2, 0.25) is 5.02 Å². The number of rotatable bonds is 4. The molecule has 0 aliphatic carbocycles. The first-order chi connectivity index (χ1) is 12.1. The number of halogens is 1. The second kappa shape index (κ2) is 7.21. The molecule has 0 fully saturated rings. The monoisotopic (exact) mass is 368 g/mol. The average molecular weight is 369 g/mol. The van der Waals surface area contributed by atoms with Gasteiger partial charge < -0.3 is 0 Å². The summed E-state index contributed by atoms with van der Waals surface area (Å²) in [5.41, 5.74) is 2.27. The van der Waals surface area contributed by atoms with Gasteiger partial charge in [0.05, 0.1) is 16.2 Å². The minimum Gasteiger partial charge on any atom is -0.265 e. The van der Waals surface area contributed by atoms with Crippen LogP contribution in [0.5, 0.6) is 0 Å². The van der Waals surface area contributed by atoms with Crippen LogP contribution in [0.4, 0.5) is 5.69 Å². The minimum atomic E-state index is -0.559. The molecule has 0 atom stereocenters. The zero-order chi connectivity index (χ0) is 17.8. The maximum absolute atomic E-state index is 11.0. The van der Waals surface area contributed by atoms with Crippen molar-refractivity contribution in [2.45, 2.75) is 0 Å². The summed E-state index contributed by atoms with van der Waals surface area (Å²) in [7, 11) is 0. The summed E-state index contributed by atoms with van der Waals surface area (Å²) in [4.78, 5) is 18.8. The second-order valence-corrected chi connectivity index (χ2v) is 6.18.